The average molecular weight is 327 g/mol. The Kier molecular flexibility index (Phi) is 7.34. The second-order valence-corrected chi connectivity index (χ2v) is 5.40. The van der Waals surface area contributed by atoms with Crippen molar-refractivity contribution < 1.29 is 37.0 Å². The Morgan fingerprint density at radius 3 is 2.05 bits per heavy atom. The Morgan fingerprint density at radius 2 is 1.64 bits per heavy atom. The summed E-state index contributed by atoms with van der Waals surface area (Å²) >= 11 is 0. The summed E-state index contributed by atoms with van der Waals surface area (Å²) in [6.45, 7) is 3.84. The van der Waals surface area contributed by atoms with E-state index in [1.165, 1.54) is 6.92 Å². The predicted molar refractivity (Wildman–Crippen MR) is 69.7 cm³/mol. The quantitative estimate of drug-likeness (QED) is 0.567. The van der Waals surface area contributed by atoms with Crippen LogP contribution in [0.2, 0.25) is 0 Å². The van der Waals surface area contributed by atoms with Crippen molar-refractivity contribution in [2.45, 2.75) is 45.9 Å². The van der Waals surface area contributed by atoms with E-state index >= 15 is 0 Å². The van der Waals surface area contributed by atoms with E-state index in [1.807, 2.05) is 0 Å². The molecule has 0 fully saturated rings. The van der Waals surface area contributed by atoms with Gasteiger partial charge in [0.25, 0.3) is 0 Å². The molecule has 0 aliphatic heterocycles. The lowest BCUT2D eigenvalue weighted by Gasteiger charge is -2.24. The predicted octanol–water partition coefficient (Wildman–Crippen LogP) is 1.67. The van der Waals surface area contributed by atoms with E-state index in [9.17, 15) is 27.6 Å². The van der Waals surface area contributed by atoms with Gasteiger partial charge in [-0.15, -0.1) is 0 Å². The highest BCUT2D eigenvalue weighted by atomic mass is 19.4. The second-order valence-electron chi connectivity index (χ2n) is 5.40. The largest absolute Gasteiger partial charge is 0.460 e. The molecule has 0 rings (SSSR count). The maximum atomic E-state index is 12.4. The minimum absolute atomic E-state index is 0.142. The Labute approximate surface area is 126 Å². The minimum Gasteiger partial charge on any atom is -0.460 e. The van der Waals surface area contributed by atoms with Crippen LogP contribution in [0.5, 0.6) is 0 Å². The molecule has 0 aliphatic carbocycles. The van der Waals surface area contributed by atoms with Crippen molar-refractivity contribution in [1.29, 1.82) is 0 Å². The van der Waals surface area contributed by atoms with Crippen LogP contribution in [0, 0.1) is 0 Å². The summed E-state index contributed by atoms with van der Waals surface area (Å²) in [7, 11) is 0. The topological polar surface area (TPSA) is 72.9 Å². The van der Waals surface area contributed by atoms with Crippen molar-refractivity contribution >= 4 is 17.8 Å². The summed E-state index contributed by atoms with van der Waals surface area (Å²) in [6, 6.07) is 0. The van der Waals surface area contributed by atoms with Gasteiger partial charge in [-0.1, -0.05) is 0 Å². The summed E-state index contributed by atoms with van der Waals surface area (Å²) in [5.74, 6) is -3.60. The third kappa shape index (κ3) is 9.19. The van der Waals surface area contributed by atoms with E-state index in [4.69, 9.17) is 4.74 Å². The Morgan fingerprint density at radius 1 is 1.09 bits per heavy atom. The van der Waals surface area contributed by atoms with Gasteiger partial charge in [0.15, 0.2) is 0 Å². The molecule has 0 aromatic rings. The lowest BCUT2D eigenvalue weighted by molar-refractivity contribution is -0.173. The zero-order valence-electron chi connectivity index (χ0n) is 13.0. The van der Waals surface area contributed by atoms with Gasteiger partial charge in [-0.05, 0) is 27.7 Å². The van der Waals surface area contributed by atoms with E-state index in [2.05, 4.69) is 4.74 Å². The van der Waals surface area contributed by atoms with Crippen LogP contribution >= 0.6 is 0 Å². The molecule has 0 radical (unpaired) electrons. The number of carbonyl (C=O) groups excluding carboxylic acids is 3. The SMILES string of the molecule is CCOC(=O)C(=O)N(CCC(=O)OC(C)(C)C)CC(F)(F)F. The van der Waals surface area contributed by atoms with Crippen molar-refractivity contribution in [3.63, 3.8) is 0 Å². The van der Waals surface area contributed by atoms with Gasteiger partial charge in [-0.25, -0.2) is 4.79 Å². The molecule has 0 aromatic carbocycles. The summed E-state index contributed by atoms with van der Waals surface area (Å²) in [5, 5.41) is 0. The zero-order chi connectivity index (χ0) is 17.6. The summed E-state index contributed by atoms with van der Waals surface area (Å²) in [4.78, 5) is 34.6. The first-order valence-electron chi connectivity index (χ1n) is 6.60. The van der Waals surface area contributed by atoms with Gasteiger partial charge in [0.2, 0.25) is 0 Å². The van der Waals surface area contributed by atoms with Gasteiger partial charge >= 0.3 is 24.0 Å². The lowest BCUT2D eigenvalue weighted by Crippen LogP contribution is -2.44. The number of halogens is 3. The van der Waals surface area contributed by atoms with Crippen LogP contribution in [0.1, 0.15) is 34.1 Å². The molecule has 0 atom stereocenters. The van der Waals surface area contributed by atoms with E-state index in [-0.39, 0.29) is 11.5 Å². The highest BCUT2D eigenvalue weighted by molar-refractivity contribution is 6.32. The lowest BCUT2D eigenvalue weighted by atomic mass is 10.2. The van der Waals surface area contributed by atoms with Gasteiger partial charge in [0.1, 0.15) is 12.1 Å². The number of hydrogen-bond donors (Lipinski definition) is 0. The molecular formula is C13H20F3NO5. The standard InChI is InChI=1S/C13H20F3NO5/c1-5-21-11(20)10(19)17(8-13(14,15)16)7-6-9(18)22-12(2,3)4/h5-8H2,1-4H3. The van der Waals surface area contributed by atoms with E-state index in [0.29, 0.717) is 0 Å². The minimum atomic E-state index is -4.70. The first kappa shape index (κ1) is 20.2. The highest BCUT2D eigenvalue weighted by Crippen LogP contribution is 2.17. The second kappa shape index (κ2) is 8.00. The molecule has 0 aliphatic rings. The monoisotopic (exact) mass is 327 g/mol. The number of nitrogens with zero attached hydrogens (tertiary/aromatic N) is 1. The molecule has 0 saturated carbocycles. The molecular weight excluding hydrogens is 307 g/mol. The van der Waals surface area contributed by atoms with Crippen molar-refractivity contribution in [3.8, 4) is 0 Å². The van der Waals surface area contributed by atoms with Crippen LogP contribution in [0.15, 0.2) is 0 Å². The smallest absolute Gasteiger partial charge is 0.406 e. The van der Waals surface area contributed by atoms with Crippen LogP contribution < -0.4 is 0 Å². The Bertz CT molecular complexity index is 415. The van der Waals surface area contributed by atoms with Crippen LogP contribution in [0.25, 0.3) is 0 Å². The van der Waals surface area contributed by atoms with Crippen molar-refractivity contribution in [3.05, 3.63) is 0 Å². The maximum Gasteiger partial charge on any atom is 0.406 e. The van der Waals surface area contributed by atoms with Gasteiger partial charge in [0, 0.05) is 6.54 Å². The van der Waals surface area contributed by atoms with Gasteiger partial charge in [0.05, 0.1) is 13.0 Å². The molecule has 0 spiro atoms. The Hall–Kier alpha value is -1.80. The number of hydrogen-bond acceptors (Lipinski definition) is 5. The molecule has 0 saturated heterocycles. The van der Waals surface area contributed by atoms with Crippen LogP contribution in [-0.4, -0.2) is 54.2 Å². The molecule has 6 nitrogen and oxygen atoms in total. The van der Waals surface area contributed by atoms with Crippen LogP contribution in [0.4, 0.5) is 13.2 Å². The molecule has 0 unspecified atom stereocenters. The molecule has 128 valence electrons. The van der Waals surface area contributed by atoms with Crippen LogP contribution in [0.3, 0.4) is 0 Å². The summed E-state index contributed by atoms with van der Waals surface area (Å²) in [5.41, 5.74) is -0.795. The van der Waals surface area contributed by atoms with Crippen molar-refractivity contribution in [2.75, 3.05) is 19.7 Å². The molecule has 22 heavy (non-hydrogen) atoms. The molecule has 1 amide bonds. The Balaban J connectivity index is 4.78. The van der Waals surface area contributed by atoms with E-state index < -0.39 is 49.1 Å². The van der Waals surface area contributed by atoms with Gasteiger partial charge in [-0.2, -0.15) is 13.2 Å². The fraction of sp³-hybridized carbons (Fsp3) is 0.769. The number of esters is 2. The molecule has 9 heteroatoms. The molecule has 0 aromatic heterocycles. The normalized spacial score (nSPS) is 11.8. The summed E-state index contributed by atoms with van der Waals surface area (Å²) in [6.07, 6.45) is -5.16. The number of rotatable bonds is 5. The number of amides is 1. The number of carbonyl (C=O) groups is 3. The zero-order valence-corrected chi connectivity index (χ0v) is 13.0. The van der Waals surface area contributed by atoms with Crippen molar-refractivity contribution in [2.24, 2.45) is 0 Å². The van der Waals surface area contributed by atoms with Gasteiger partial charge < -0.3 is 14.4 Å². The summed E-state index contributed by atoms with van der Waals surface area (Å²) < 4.78 is 46.7. The van der Waals surface area contributed by atoms with Crippen LogP contribution in [-0.2, 0) is 23.9 Å². The maximum absolute atomic E-state index is 12.4. The molecule has 0 bridgehead atoms. The van der Waals surface area contributed by atoms with E-state index in [0.717, 1.165) is 0 Å². The molecule has 0 heterocycles. The first-order chi connectivity index (χ1) is 9.85. The average Bonchev–Trinajstić information content (AvgIpc) is 2.30. The number of alkyl halides is 3. The third-order valence-electron chi connectivity index (χ3n) is 2.11. The fourth-order valence-electron chi connectivity index (χ4n) is 1.41. The fourth-order valence-corrected chi connectivity index (χ4v) is 1.41. The first-order valence-corrected chi connectivity index (χ1v) is 6.60. The van der Waals surface area contributed by atoms with Crippen molar-refractivity contribution in [1.82, 2.24) is 4.90 Å². The third-order valence-corrected chi connectivity index (χ3v) is 2.11. The van der Waals surface area contributed by atoms with E-state index in [1.54, 1.807) is 20.8 Å². The molecule has 0 N–H and O–H groups in total. The number of ether oxygens (including phenoxy) is 2. The highest BCUT2D eigenvalue weighted by Gasteiger charge is 2.36. The van der Waals surface area contributed by atoms with Gasteiger partial charge in [-0.3, -0.25) is 9.59 Å².